The molecule has 1 aliphatic rings. The molecule has 0 saturated carbocycles. The summed E-state index contributed by atoms with van der Waals surface area (Å²) in [5.74, 6) is 0.723. The van der Waals surface area contributed by atoms with E-state index in [4.69, 9.17) is 0 Å². The second kappa shape index (κ2) is 6.55. The zero-order valence-electron chi connectivity index (χ0n) is 14.2. The van der Waals surface area contributed by atoms with Crippen LogP contribution in [0.2, 0.25) is 0 Å². The van der Waals surface area contributed by atoms with Crippen molar-refractivity contribution in [3.63, 3.8) is 0 Å². The Morgan fingerprint density at radius 1 is 0.947 bits per heavy atom. The van der Waals surface area contributed by atoms with E-state index in [1.165, 1.54) is 32.7 Å². The summed E-state index contributed by atoms with van der Waals surface area (Å²) in [5, 5.41) is 3.61. The lowest BCUT2D eigenvalue weighted by atomic mass is 10.0. The fourth-order valence-electron chi connectivity index (χ4n) is 2.59. The first-order valence-corrected chi connectivity index (χ1v) is 7.80. The second-order valence-corrected chi connectivity index (χ2v) is 8.19. The molecule has 1 heterocycles. The summed E-state index contributed by atoms with van der Waals surface area (Å²) in [5.41, 5.74) is 0.560. The molecule has 0 aliphatic carbocycles. The number of nitrogens with zero attached hydrogens (tertiary/aromatic N) is 2. The van der Waals surface area contributed by atoms with Gasteiger partial charge in [-0.3, -0.25) is 4.90 Å². The molecule has 1 rings (SSSR count). The number of piperazine rings is 1. The summed E-state index contributed by atoms with van der Waals surface area (Å²) in [6, 6.07) is 0. The maximum Gasteiger partial charge on any atom is 0.0126 e. The van der Waals surface area contributed by atoms with Gasteiger partial charge in [-0.2, -0.15) is 0 Å². The highest BCUT2D eigenvalue weighted by atomic mass is 15.3. The van der Waals surface area contributed by atoms with Gasteiger partial charge in [-0.1, -0.05) is 6.92 Å². The fraction of sp³-hybridized carbons (Fsp3) is 1.00. The molecule has 0 aromatic heterocycles. The molecule has 1 N–H and O–H groups in total. The molecule has 3 heteroatoms. The van der Waals surface area contributed by atoms with E-state index in [1.54, 1.807) is 0 Å². The molecule has 0 aromatic carbocycles. The number of hydrogen-bond donors (Lipinski definition) is 1. The molecule has 0 spiro atoms. The van der Waals surface area contributed by atoms with E-state index in [0.717, 1.165) is 12.5 Å². The molecule has 19 heavy (non-hydrogen) atoms. The standard InChI is InChI=1S/C16H35N3/c1-14(12-17-15(2,3)4)13-18-8-10-19(11-9-18)16(5,6)7/h14,17H,8-13H2,1-7H3. The van der Waals surface area contributed by atoms with Gasteiger partial charge in [0.15, 0.2) is 0 Å². The highest BCUT2D eigenvalue weighted by Crippen LogP contribution is 2.16. The highest BCUT2D eigenvalue weighted by Gasteiger charge is 2.26. The van der Waals surface area contributed by atoms with Crippen LogP contribution in [0.4, 0.5) is 0 Å². The molecule has 1 unspecified atom stereocenters. The Kier molecular flexibility index (Phi) is 5.84. The maximum atomic E-state index is 3.61. The molecule has 3 nitrogen and oxygen atoms in total. The topological polar surface area (TPSA) is 18.5 Å². The van der Waals surface area contributed by atoms with Crippen LogP contribution in [0.25, 0.3) is 0 Å². The predicted molar refractivity (Wildman–Crippen MR) is 84.7 cm³/mol. The van der Waals surface area contributed by atoms with Crippen LogP contribution in [0.3, 0.4) is 0 Å². The van der Waals surface area contributed by atoms with Crippen LogP contribution in [0.15, 0.2) is 0 Å². The minimum Gasteiger partial charge on any atom is -0.312 e. The monoisotopic (exact) mass is 269 g/mol. The third-order valence-corrected chi connectivity index (χ3v) is 3.87. The lowest BCUT2D eigenvalue weighted by molar-refractivity contribution is 0.0560. The van der Waals surface area contributed by atoms with Gasteiger partial charge in [0.05, 0.1) is 0 Å². The first kappa shape index (κ1) is 16.9. The van der Waals surface area contributed by atoms with Crippen molar-refractivity contribution in [3.8, 4) is 0 Å². The normalized spacial score (nSPS) is 21.6. The molecule has 1 fully saturated rings. The quantitative estimate of drug-likeness (QED) is 0.845. The van der Waals surface area contributed by atoms with Crippen LogP contribution in [0.1, 0.15) is 48.5 Å². The summed E-state index contributed by atoms with van der Waals surface area (Å²) in [7, 11) is 0. The van der Waals surface area contributed by atoms with Crippen LogP contribution < -0.4 is 5.32 Å². The molecule has 1 atom stereocenters. The van der Waals surface area contributed by atoms with Gasteiger partial charge in [0.1, 0.15) is 0 Å². The number of nitrogens with one attached hydrogen (secondary N) is 1. The van der Waals surface area contributed by atoms with E-state index in [2.05, 4.69) is 63.6 Å². The zero-order valence-corrected chi connectivity index (χ0v) is 14.2. The molecule has 1 saturated heterocycles. The van der Waals surface area contributed by atoms with Gasteiger partial charge < -0.3 is 10.2 Å². The molecular formula is C16H35N3. The van der Waals surface area contributed by atoms with Crippen LogP contribution in [-0.2, 0) is 0 Å². The summed E-state index contributed by atoms with van der Waals surface area (Å²) in [6.07, 6.45) is 0. The number of hydrogen-bond acceptors (Lipinski definition) is 3. The first-order valence-electron chi connectivity index (χ1n) is 7.80. The molecule has 0 amide bonds. The lowest BCUT2D eigenvalue weighted by Crippen LogP contribution is -2.54. The van der Waals surface area contributed by atoms with Crippen LogP contribution in [0, 0.1) is 5.92 Å². The molecular weight excluding hydrogens is 234 g/mol. The smallest absolute Gasteiger partial charge is 0.0126 e. The Morgan fingerprint density at radius 3 is 1.89 bits per heavy atom. The van der Waals surface area contributed by atoms with Gasteiger partial charge in [-0.25, -0.2) is 0 Å². The Balaban J connectivity index is 2.25. The SMILES string of the molecule is CC(CNC(C)(C)C)CN1CCN(C(C)(C)C)CC1. The third-order valence-electron chi connectivity index (χ3n) is 3.87. The van der Waals surface area contributed by atoms with Crippen molar-refractivity contribution in [1.29, 1.82) is 0 Å². The van der Waals surface area contributed by atoms with Gasteiger partial charge in [0, 0.05) is 43.8 Å². The first-order chi connectivity index (χ1) is 8.58. The van der Waals surface area contributed by atoms with Crippen molar-refractivity contribution in [2.45, 2.75) is 59.5 Å². The molecule has 114 valence electrons. The summed E-state index contributed by atoms with van der Waals surface area (Å²) in [6.45, 7) is 23.2. The van der Waals surface area contributed by atoms with Crippen molar-refractivity contribution in [1.82, 2.24) is 15.1 Å². The van der Waals surface area contributed by atoms with Crippen LogP contribution in [-0.4, -0.2) is 60.1 Å². The summed E-state index contributed by atoms with van der Waals surface area (Å²) < 4.78 is 0. The van der Waals surface area contributed by atoms with E-state index >= 15 is 0 Å². The Morgan fingerprint density at radius 2 is 1.47 bits per heavy atom. The lowest BCUT2D eigenvalue weighted by Gasteiger charge is -2.43. The third kappa shape index (κ3) is 6.73. The number of rotatable bonds is 4. The molecule has 0 bridgehead atoms. The second-order valence-electron chi connectivity index (χ2n) is 8.19. The van der Waals surface area contributed by atoms with Crippen molar-refractivity contribution >= 4 is 0 Å². The van der Waals surface area contributed by atoms with Crippen LogP contribution in [0.5, 0.6) is 0 Å². The molecule has 0 aromatic rings. The van der Waals surface area contributed by atoms with Crippen molar-refractivity contribution in [2.24, 2.45) is 5.92 Å². The molecule has 0 radical (unpaired) electrons. The average Bonchev–Trinajstić information content (AvgIpc) is 2.25. The van der Waals surface area contributed by atoms with Crippen LogP contribution >= 0.6 is 0 Å². The van der Waals surface area contributed by atoms with Gasteiger partial charge >= 0.3 is 0 Å². The van der Waals surface area contributed by atoms with Gasteiger partial charge in [-0.05, 0) is 54.0 Å². The van der Waals surface area contributed by atoms with Gasteiger partial charge in [0.2, 0.25) is 0 Å². The van der Waals surface area contributed by atoms with Gasteiger partial charge in [-0.15, -0.1) is 0 Å². The highest BCUT2D eigenvalue weighted by molar-refractivity contribution is 4.82. The minimum absolute atomic E-state index is 0.235. The van der Waals surface area contributed by atoms with Crippen molar-refractivity contribution < 1.29 is 0 Å². The molecule has 1 aliphatic heterocycles. The summed E-state index contributed by atoms with van der Waals surface area (Å²) in [4.78, 5) is 5.22. The van der Waals surface area contributed by atoms with E-state index in [-0.39, 0.29) is 5.54 Å². The van der Waals surface area contributed by atoms with Crippen molar-refractivity contribution in [2.75, 3.05) is 39.3 Å². The van der Waals surface area contributed by atoms with E-state index in [0.29, 0.717) is 5.54 Å². The minimum atomic E-state index is 0.235. The van der Waals surface area contributed by atoms with Crippen molar-refractivity contribution in [3.05, 3.63) is 0 Å². The Hall–Kier alpha value is -0.120. The van der Waals surface area contributed by atoms with E-state index in [1.807, 2.05) is 0 Å². The Labute approximate surface area is 120 Å². The van der Waals surface area contributed by atoms with E-state index in [9.17, 15) is 0 Å². The summed E-state index contributed by atoms with van der Waals surface area (Å²) >= 11 is 0. The van der Waals surface area contributed by atoms with Gasteiger partial charge in [0.25, 0.3) is 0 Å². The Bertz CT molecular complexity index is 254. The largest absolute Gasteiger partial charge is 0.312 e. The zero-order chi connectivity index (χ0) is 14.7. The average molecular weight is 269 g/mol. The fourth-order valence-corrected chi connectivity index (χ4v) is 2.59. The predicted octanol–water partition coefficient (Wildman–Crippen LogP) is 2.43. The van der Waals surface area contributed by atoms with E-state index < -0.39 is 0 Å². The maximum absolute atomic E-state index is 3.61.